The van der Waals surface area contributed by atoms with Crippen molar-refractivity contribution < 1.29 is 13.9 Å². The Hall–Kier alpha value is -2.59. The lowest BCUT2D eigenvalue weighted by molar-refractivity contribution is 0.145. The molecule has 138 valence electrons. The van der Waals surface area contributed by atoms with Crippen LogP contribution in [0.5, 0.6) is 0 Å². The zero-order chi connectivity index (χ0) is 18.5. The average molecular weight is 358 g/mol. The summed E-state index contributed by atoms with van der Waals surface area (Å²) in [4.78, 5) is 15.3. The van der Waals surface area contributed by atoms with E-state index < -0.39 is 6.09 Å². The normalized spacial score (nSPS) is 20.1. The number of nitrogens with two attached hydrogens (primary N) is 1. The molecule has 0 saturated carbocycles. The average Bonchev–Trinajstić information content (AvgIpc) is 3.03. The second-order valence-electron chi connectivity index (χ2n) is 6.53. The van der Waals surface area contributed by atoms with Crippen LogP contribution in [0.3, 0.4) is 0 Å². The van der Waals surface area contributed by atoms with E-state index >= 15 is 0 Å². The molecular weight excluding hydrogens is 335 g/mol. The smallest absolute Gasteiger partial charge is 0.414 e. The molecular formula is C19H23FN4O2. The predicted octanol–water partition coefficient (Wildman–Crippen LogP) is 2.94. The highest BCUT2D eigenvalue weighted by molar-refractivity contribution is 5.90. The van der Waals surface area contributed by atoms with Gasteiger partial charge in [0.15, 0.2) is 0 Å². The Morgan fingerprint density at radius 3 is 2.77 bits per heavy atom. The van der Waals surface area contributed by atoms with Crippen LogP contribution >= 0.6 is 0 Å². The lowest BCUT2D eigenvalue weighted by atomic mass is 10.0. The van der Waals surface area contributed by atoms with Gasteiger partial charge in [0.2, 0.25) is 0 Å². The van der Waals surface area contributed by atoms with Gasteiger partial charge in [0.05, 0.1) is 24.0 Å². The van der Waals surface area contributed by atoms with Crippen LogP contribution in [-0.4, -0.2) is 38.4 Å². The van der Waals surface area contributed by atoms with E-state index in [0.717, 1.165) is 32.4 Å². The summed E-state index contributed by atoms with van der Waals surface area (Å²) in [6.45, 7) is 2.08. The number of halogens is 1. The number of hydrogen-bond acceptors (Lipinski definition) is 5. The number of nitriles is 1. The van der Waals surface area contributed by atoms with Gasteiger partial charge in [-0.1, -0.05) is 11.6 Å². The minimum absolute atomic E-state index is 0.251. The van der Waals surface area contributed by atoms with Gasteiger partial charge in [-0.05, 0) is 37.5 Å². The lowest BCUT2D eigenvalue weighted by Crippen LogP contribution is -2.31. The van der Waals surface area contributed by atoms with Crippen LogP contribution < -0.4 is 15.5 Å². The highest BCUT2D eigenvalue weighted by atomic mass is 19.1. The fourth-order valence-corrected chi connectivity index (χ4v) is 3.36. The molecule has 0 spiro atoms. The van der Waals surface area contributed by atoms with E-state index in [1.807, 2.05) is 4.90 Å². The first-order chi connectivity index (χ1) is 12.6. The summed E-state index contributed by atoms with van der Waals surface area (Å²) >= 11 is 0. The van der Waals surface area contributed by atoms with E-state index in [1.165, 1.54) is 16.5 Å². The Kier molecular flexibility index (Phi) is 5.74. The van der Waals surface area contributed by atoms with Crippen molar-refractivity contribution >= 4 is 17.5 Å². The molecule has 0 aromatic heterocycles. The van der Waals surface area contributed by atoms with E-state index in [-0.39, 0.29) is 18.5 Å². The maximum atomic E-state index is 14.6. The summed E-state index contributed by atoms with van der Waals surface area (Å²) in [5, 5.41) is 8.60. The predicted molar refractivity (Wildman–Crippen MR) is 97.4 cm³/mol. The Morgan fingerprint density at radius 1 is 1.38 bits per heavy atom. The van der Waals surface area contributed by atoms with E-state index in [1.54, 1.807) is 12.1 Å². The van der Waals surface area contributed by atoms with E-state index in [2.05, 4.69) is 12.1 Å². The number of allylic oxidation sites excluding steroid dienone is 1. The summed E-state index contributed by atoms with van der Waals surface area (Å²) in [6.07, 6.45) is 4.37. The topological polar surface area (TPSA) is 82.6 Å². The third kappa shape index (κ3) is 3.97. The molecule has 1 aromatic carbocycles. The first-order valence-corrected chi connectivity index (χ1v) is 8.90. The number of unbranched alkanes of at least 4 members (excludes halogenated alkanes) is 1. The van der Waals surface area contributed by atoms with Crippen LogP contribution in [0.4, 0.5) is 20.6 Å². The molecule has 6 nitrogen and oxygen atoms in total. The minimum Gasteiger partial charge on any atom is -0.443 e. The largest absolute Gasteiger partial charge is 0.443 e. The maximum Gasteiger partial charge on any atom is 0.414 e. The number of nitrogens with zero attached hydrogens (tertiary/aromatic N) is 3. The Bertz CT molecular complexity index is 734. The number of ether oxygens (including phenoxy) is 1. The SMILES string of the molecule is N#CCCC=C1CCN(c2ccc(N3C[C@H](CN)OC3=O)cc2F)CC1. The zero-order valence-corrected chi connectivity index (χ0v) is 14.7. The van der Waals surface area contributed by atoms with Gasteiger partial charge in [-0.15, -0.1) is 0 Å². The van der Waals surface area contributed by atoms with Gasteiger partial charge in [0, 0.05) is 26.1 Å². The van der Waals surface area contributed by atoms with E-state index in [4.69, 9.17) is 15.7 Å². The van der Waals surface area contributed by atoms with Gasteiger partial charge in [0.25, 0.3) is 0 Å². The molecule has 2 N–H and O–H groups in total. The number of hydrogen-bond donors (Lipinski definition) is 1. The van der Waals surface area contributed by atoms with Crippen molar-refractivity contribution in [1.82, 2.24) is 0 Å². The van der Waals surface area contributed by atoms with Crippen LogP contribution in [0.2, 0.25) is 0 Å². The van der Waals surface area contributed by atoms with Crippen LogP contribution in [0.15, 0.2) is 29.8 Å². The number of amides is 1. The van der Waals surface area contributed by atoms with Gasteiger partial charge in [-0.2, -0.15) is 5.26 Å². The van der Waals surface area contributed by atoms with Gasteiger partial charge in [-0.25, -0.2) is 9.18 Å². The standard InChI is InChI=1S/C19H23FN4O2/c20-17-11-15(24-13-16(12-22)26-19(24)25)4-5-18(17)23-9-6-14(7-10-23)3-1-2-8-21/h3-5,11,16H,1-2,6-7,9-10,12-13,22H2/t16-/m0/s1. The van der Waals surface area contributed by atoms with Crippen LogP contribution in [0.1, 0.15) is 25.7 Å². The molecule has 2 aliphatic rings. The van der Waals surface area contributed by atoms with Crippen molar-refractivity contribution in [1.29, 1.82) is 5.26 Å². The number of carbonyl (C=O) groups is 1. The molecule has 2 aliphatic heterocycles. The second-order valence-corrected chi connectivity index (χ2v) is 6.53. The number of carbonyl (C=O) groups excluding carboxylic acids is 1. The third-order valence-corrected chi connectivity index (χ3v) is 4.82. The zero-order valence-electron chi connectivity index (χ0n) is 14.7. The van der Waals surface area contributed by atoms with Crippen molar-refractivity contribution in [3.63, 3.8) is 0 Å². The Labute approximate surface area is 152 Å². The Balaban J connectivity index is 1.65. The number of benzene rings is 1. The molecule has 2 saturated heterocycles. The number of cyclic esters (lactones) is 1. The summed E-state index contributed by atoms with van der Waals surface area (Å²) in [6, 6.07) is 6.99. The highest BCUT2D eigenvalue weighted by Crippen LogP contribution is 2.30. The number of rotatable bonds is 5. The molecule has 1 atom stereocenters. The fourth-order valence-electron chi connectivity index (χ4n) is 3.36. The van der Waals surface area contributed by atoms with Gasteiger partial charge >= 0.3 is 6.09 Å². The number of anilines is 2. The monoisotopic (exact) mass is 358 g/mol. The molecule has 2 fully saturated rings. The maximum absolute atomic E-state index is 14.6. The second kappa shape index (κ2) is 8.19. The fraction of sp³-hybridized carbons (Fsp3) is 0.474. The van der Waals surface area contributed by atoms with Gasteiger partial charge in [0.1, 0.15) is 11.9 Å². The van der Waals surface area contributed by atoms with Gasteiger partial charge in [-0.3, -0.25) is 4.90 Å². The highest BCUT2D eigenvalue weighted by Gasteiger charge is 2.32. The quantitative estimate of drug-likeness (QED) is 0.646. The van der Waals surface area contributed by atoms with Crippen LogP contribution in [0.25, 0.3) is 0 Å². The summed E-state index contributed by atoms with van der Waals surface area (Å²) < 4.78 is 19.8. The van der Waals surface area contributed by atoms with Gasteiger partial charge < -0.3 is 15.4 Å². The molecule has 0 unspecified atom stereocenters. The molecule has 0 bridgehead atoms. The third-order valence-electron chi connectivity index (χ3n) is 4.82. The van der Waals surface area contributed by atoms with Crippen LogP contribution in [-0.2, 0) is 4.74 Å². The molecule has 1 amide bonds. The van der Waals surface area contributed by atoms with Crippen molar-refractivity contribution in [3.05, 3.63) is 35.7 Å². The molecule has 3 rings (SSSR count). The summed E-state index contributed by atoms with van der Waals surface area (Å²) in [5.74, 6) is -0.344. The minimum atomic E-state index is -0.488. The first kappa shape index (κ1) is 18.2. The molecule has 0 aliphatic carbocycles. The molecule has 26 heavy (non-hydrogen) atoms. The molecule has 2 heterocycles. The lowest BCUT2D eigenvalue weighted by Gasteiger charge is -2.31. The molecule has 1 aromatic rings. The first-order valence-electron chi connectivity index (χ1n) is 8.90. The van der Waals surface area contributed by atoms with Crippen molar-refractivity contribution in [2.45, 2.75) is 31.8 Å². The Morgan fingerprint density at radius 2 is 2.15 bits per heavy atom. The van der Waals surface area contributed by atoms with Crippen molar-refractivity contribution in [3.8, 4) is 6.07 Å². The van der Waals surface area contributed by atoms with E-state index in [9.17, 15) is 9.18 Å². The van der Waals surface area contributed by atoms with Crippen LogP contribution in [0, 0.1) is 17.1 Å². The summed E-state index contributed by atoms with van der Waals surface area (Å²) in [7, 11) is 0. The molecule has 7 heteroatoms. The number of piperidine rings is 1. The molecule has 0 radical (unpaired) electrons. The van der Waals surface area contributed by atoms with Crippen molar-refractivity contribution in [2.75, 3.05) is 36.0 Å². The van der Waals surface area contributed by atoms with E-state index in [0.29, 0.717) is 24.3 Å². The summed E-state index contributed by atoms with van der Waals surface area (Å²) in [5.41, 5.74) is 7.90. The van der Waals surface area contributed by atoms with Crippen molar-refractivity contribution in [2.24, 2.45) is 5.73 Å².